The number of ether oxygens (including phenoxy) is 1. The number of nitrogens with one attached hydrogen (secondary N) is 1. The first-order valence-electron chi connectivity index (χ1n) is 4.51. The summed E-state index contributed by atoms with van der Waals surface area (Å²) in [5.41, 5.74) is 0.0918. The van der Waals surface area contributed by atoms with Gasteiger partial charge >= 0.3 is 5.97 Å². The molecule has 5 nitrogen and oxygen atoms in total. The third-order valence-corrected chi connectivity index (χ3v) is 2.35. The smallest absolute Gasteiger partial charge is 0.376 e. The number of methoxy groups -OCH3 is 1. The van der Waals surface area contributed by atoms with Gasteiger partial charge in [0, 0.05) is 6.20 Å². The lowest BCUT2D eigenvalue weighted by molar-refractivity contribution is -0.153. The molecule has 0 aliphatic carbocycles. The number of esters is 1. The van der Waals surface area contributed by atoms with Gasteiger partial charge in [0.15, 0.2) is 0 Å². The Morgan fingerprint density at radius 3 is 2.59 bits per heavy atom. The van der Waals surface area contributed by atoms with Crippen LogP contribution in [-0.4, -0.2) is 23.4 Å². The molecule has 0 aliphatic rings. The summed E-state index contributed by atoms with van der Waals surface area (Å²) in [4.78, 5) is 22.6. The molecule has 0 bridgehead atoms. The maximum Gasteiger partial charge on any atom is 0.376 e. The molecule has 0 spiro atoms. The predicted molar refractivity (Wildman–Crippen MR) is 67.4 cm³/mol. The van der Waals surface area contributed by atoms with Crippen molar-refractivity contribution in [3.8, 4) is 0 Å². The predicted octanol–water partition coefficient (Wildman–Crippen LogP) is 1.50. The Hall–Kier alpha value is -1.14. The van der Waals surface area contributed by atoms with Crippen molar-refractivity contribution in [1.29, 1.82) is 5.41 Å². The lowest BCUT2D eigenvalue weighted by atomic mass is 10.2. The van der Waals surface area contributed by atoms with Gasteiger partial charge in [0.2, 0.25) is 0 Å². The number of aromatic nitrogens is 1. The molecule has 1 atom stereocenters. The van der Waals surface area contributed by atoms with Gasteiger partial charge in [-0.15, -0.1) is 17.0 Å². The van der Waals surface area contributed by atoms with Crippen molar-refractivity contribution in [2.45, 2.75) is 13.0 Å². The molecule has 1 heterocycles. The van der Waals surface area contributed by atoms with Gasteiger partial charge in [-0.1, -0.05) is 11.6 Å². The molecule has 7 heteroatoms. The number of Topliss-reactive ketones (excluding diaryl/α,β-unsaturated/α-hetero) is 1. The molecule has 0 amide bonds. The molecule has 0 fully saturated rings. The number of rotatable bonds is 3. The molecule has 1 N–H and O–H groups in total. The lowest BCUT2D eigenvalue weighted by Crippen LogP contribution is -2.31. The molecule has 1 aromatic rings. The maximum atomic E-state index is 11.5. The fourth-order valence-electron chi connectivity index (χ4n) is 1.21. The van der Waals surface area contributed by atoms with E-state index in [4.69, 9.17) is 17.0 Å². The van der Waals surface area contributed by atoms with E-state index in [2.05, 4.69) is 4.74 Å². The van der Waals surface area contributed by atoms with Crippen LogP contribution < -0.4 is 5.49 Å². The van der Waals surface area contributed by atoms with Gasteiger partial charge in [0.1, 0.15) is 11.5 Å². The van der Waals surface area contributed by atoms with Crippen molar-refractivity contribution in [2.24, 2.45) is 0 Å². The Labute approximate surface area is 114 Å². The number of ketones is 1. The fraction of sp³-hybridized carbons (Fsp3) is 0.300. The van der Waals surface area contributed by atoms with E-state index in [-0.39, 0.29) is 22.5 Å². The topological polar surface area (TPSA) is 72.2 Å². The van der Waals surface area contributed by atoms with Crippen LogP contribution in [0.5, 0.6) is 0 Å². The van der Waals surface area contributed by atoms with Gasteiger partial charge in [-0.25, -0.2) is 4.79 Å². The summed E-state index contributed by atoms with van der Waals surface area (Å²) in [5, 5.41) is 7.98. The van der Waals surface area contributed by atoms with E-state index in [0.29, 0.717) is 5.02 Å². The van der Waals surface area contributed by atoms with E-state index in [9.17, 15) is 9.59 Å². The quantitative estimate of drug-likeness (QED) is 0.677. The van der Waals surface area contributed by atoms with E-state index >= 15 is 0 Å². The van der Waals surface area contributed by atoms with Crippen LogP contribution in [-0.2, 0) is 14.3 Å². The Kier molecular flexibility index (Phi) is 6.12. The number of hydrogen-bond donors (Lipinski definition) is 1. The lowest BCUT2D eigenvalue weighted by Gasteiger charge is -2.13. The Morgan fingerprint density at radius 2 is 2.06 bits per heavy atom. The molecule has 1 aromatic heterocycles. The molecule has 1 rings (SSSR count). The number of pyridine rings is 1. The highest BCUT2D eigenvalue weighted by Crippen LogP contribution is 2.10. The van der Waals surface area contributed by atoms with Crippen molar-refractivity contribution in [3.63, 3.8) is 0 Å². The van der Waals surface area contributed by atoms with Crippen molar-refractivity contribution in [3.05, 3.63) is 28.8 Å². The highest BCUT2D eigenvalue weighted by atomic mass is 79.9. The molecule has 17 heavy (non-hydrogen) atoms. The van der Waals surface area contributed by atoms with Crippen molar-refractivity contribution in [2.75, 3.05) is 7.11 Å². The normalized spacial score (nSPS) is 11.2. The first-order valence-corrected chi connectivity index (χ1v) is 4.89. The first kappa shape index (κ1) is 15.9. The summed E-state index contributed by atoms with van der Waals surface area (Å²) in [5.74, 6) is -1.65. The Morgan fingerprint density at radius 1 is 1.47 bits per heavy atom. The average molecular weight is 324 g/mol. The zero-order valence-corrected chi connectivity index (χ0v) is 11.7. The van der Waals surface area contributed by atoms with E-state index < -0.39 is 17.8 Å². The summed E-state index contributed by atoms with van der Waals surface area (Å²) >= 11 is 5.75. The van der Waals surface area contributed by atoms with Gasteiger partial charge in [-0.05, 0) is 19.1 Å². The summed E-state index contributed by atoms with van der Waals surface area (Å²) in [6, 6.07) is 2.18. The Balaban J connectivity index is 0.00000256. The zero-order chi connectivity index (χ0) is 12.3. The van der Waals surface area contributed by atoms with Crippen LogP contribution in [0.2, 0.25) is 5.02 Å². The average Bonchev–Trinajstić information content (AvgIpc) is 2.29. The number of carbonyl (C=O) groups excluding carboxylic acids is 2. The van der Waals surface area contributed by atoms with Crippen molar-refractivity contribution < 1.29 is 14.3 Å². The van der Waals surface area contributed by atoms with Gasteiger partial charge in [-0.3, -0.25) is 10.2 Å². The highest BCUT2D eigenvalue weighted by molar-refractivity contribution is 8.93. The summed E-state index contributed by atoms with van der Waals surface area (Å²) < 4.78 is 5.64. The zero-order valence-electron chi connectivity index (χ0n) is 9.27. The molecule has 0 radical (unpaired) electrons. The molecule has 1 unspecified atom stereocenters. The Bertz CT molecular complexity index is 487. The molecule has 0 saturated heterocycles. The third kappa shape index (κ3) is 3.67. The third-order valence-electron chi connectivity index (χ3n) is 2.12. The fourth-order valence-corrected chi connectivity index (χ4v) is 1.38. The largest absolute Gasteiger partial charge is 0.463 e. The number of nitrogens with zero attached hydrogens (tertiary/aromatic N) is 1. The van der Waals surface area contributed by atoms with Crippen LogP contribution in [0.1, 0.15) is 13.0 Å². The van der Waals surface area contributed by atoms with E-state index in [1.165, 1.54) is 29.8 Å². The van der Waals surface area contributed by atoms with E-state index in [1.54, 1.807) is 0 Å². The van der Waals surface area contributed by atoms with Crippen molar-refractivity contribution >= 4 is 40.3 Å². The number of hydrogen-bond acceptors (Lipinski definition) is 4. The minimum Gasteiger partial charge on any atom is -0.463 e. The molecule has 0 aliphatic heterocycles. The minimum absolute atomic E-state index is 0. The first-order chi connectivity index (χ1) is 7.47. The second-order valence-electron chi connectivity index (χ2n) is 3.17. The number of halogens is 2. The molecule has 0 saturated carbocycles. The van der Waals surface area contributed by atoms with E-state index in [0.717, 1.165) is 7.11 Å². The summed E-state index contributed by atoms with van der Waals surface area (Å²) in [6.45, 7) is 1.51. The number of carbonyl (C=O) groups is 2. The van der Waals surface area contributed by atoms with Gasteiger partial charge < -0.3 is 9.30 Å². The molecular formula is C10H12BrClN2O3. The van der Waals surface area contributed by atoms with Crippen LogP contribution in [0.15, 0.2) is 18.3 Å². The van der Waals surface area contributed by atoms with Crippen LogP contribution in [0.25, 0.3) is 0 Å². The van der Waals surface area contributed by atoms with Crippen LogP contribution >= 0.6 is 28.6 Å². The standard InChI is InChI=1S/C10H11ClN2O3.BrH/c1-6(9(14)10(15)16-2)13-5-7(11)3-4-8(13)12;/h3-6,12H,1-2H3;1H. The molecule has 94 valence electrons. The van der Waals surface area contributed by atoms with Gasteiger partial charge in [-0.2, -0.15) is 0 Å². The van der Waals surface area contributed by atoms with Crippen LogP contribution in [0.3, 0.4) is 0 Å². The molecule has 0 aromatic carbocycles. The summed E-state index contributed by atoms with van der Waals surface area (Å²) in [6.07, 6.45) is 1.43. The highest BCUT2D eigenvalue weighted by Gasteiger charge is 2.23. The van der Waals surface area contributed by atoms with Gasteiger partial charge in [0.25, 0.3) is 5.78 Å². The summed E-state index contributed by atoms with van der Waals surface area (Å²) in [7, 11) is 1.14. The second-order valence-corrected chi connectivity index (χ2v) is 3.61. The maximum absolute atomic E-state index is 11.5. The van der Waals surface area contributed by atoms with Gasteiger partial charge in [0.05, 0.1) is 12.1 Å². The van der Waals surface area contributed by atoms with Crippen LogP contribution in [0.4, 0.5) is 0 Å². The van der Waals surface area contributed by atoms with Crippen LogP contribution in [0, 0.1) is 5.41 Å². The van der Waals surface area contributed by atoms with Crippen molar-refractivity contribution in [1.82, 2.24) is 4.57 Å². The SMILES string of the molecule is Br.COC(=O)C(=O)C(C)n1cc(Cl)ccc1=N. The monoisotopic (exact) mass is 322 g/mol. The second kappa shape index (κ2) is 6.56. The minimum atomic E-state index is -0.931. The van der Waals surface area contributed by atoms with E-state index in [1.807, 2.05) is 0 Å². The molecular weight excluding hydrogens is 311 g/mol.